The van der Waals surface area contributed by atoms with Crippen LogP contribution in [0, 0.1) is 21.4 Å². The smallest absolute Gasteiger partial charge is 0.271 e. The second-order valence-corrected chi connectivity index (χ2v) is 6.59. The van der Waals surface area contributed by atoms with Crippen LogP contribution in [-0.2, 0) is 4.79 Å². The van der Waals surface area contributed by atoms with Gasteiger partial charge < -0.3 is 19.5 Å². The normalized spacial score (nSPS) is 10.7. The van der Waals surface area contributed by atoms with Crippen LogP contribution in [0.4, 0.5) is 11.4 Å². The van der Waals surface area contributed by atoms with Crippen LogP contribution in [0.2, 0.25) is 0 Å². The molecule has 0 atom stereocenters. The molecule has 0 aromatic heterocycles. The minimum absolute atomic E-state index is 0.0729. The van der Waals surface area contributed by atoms with Crippen molar-refractivity contribution in [3.05, 3.63) is 56.1 Å². The number of nitro groups is 1. The molecule has 0 fully saturated rings. The molecule has 9 nitrogen and oxygen atoms in total. The molecule has 1 amide bonds. The number of benzene rings is 2. The SMILES string of the molecule is CCOc1cc(/C=C(\C#N)C(=O)Nc2cc([N+](=O)[O-])ccc2OC)cc(Br)c1OC. The Morgan fingerprint density at radius 3 is 2.57 bits per heavy atom. The van der Waals surface area contributed by atoms with Crippen LogP contribution in [0.25, 0.3) is 6.08 Å². The van der Waals surface area contributed by atoms with Gasteiger partial charge in [-0.2, -0.15) is 5.26 Å². The van der Waals surface area contributed by atoms with E-state index in [4.69, 9.17) is 14.2 Å². The molecular weight excluding hydrogens is 458 g/mol. The molecule has 2 aromatic rings. The molecule has 156 valence electrons. The molecule has 0 bridgehead atoms. The summed E-state index contributed by atoms with van der Waals surface area (Å²) in [6.45, 7) is 2.21. The number of carbonyl (C=O) groups excluding carboxylic acids is 1. The van der Waals surface area contributed by atoms with Gasteiger partial charge in [-0.15, -0.1) is 0 Å². The maximum absolute atomic E-state index is 12.6. The largest absolute Gasteiger partial charge is 0.495 e. The number of nitro benzene ring substituents is 1. The van der Waals surface area contributed by atoms with Crippen molar-refractivity contribution in [3.8, 4) is 23.3 Å². The van der Waals surface area contributed by atoms with Crippen LogP contribution < -0.4 is 19.5 Å². The average molecular weight is 476 g/mol. The summed E-state index contributed by atoms with van der Waals surface area (Å²) in [5.41, 5.74) is 0.143. The van der Waals surface area contributed by atoms with Crippen molar-refractivity contribution in [1.82, 2.24) is 0 Å². The van der Waals surface area contributed by atoms with E-state index < -0.39 is 10.8 Å². The number of carbonyl (C=O) groups is 1. The Labute approximate surface area is 181 Å². The van der Waals surface area contributed by atoms with E-state index in [0.717, 1.165) is 6.07 Å². The number of nitriles is 1. The number of non-ortho nitro benzene ring substituents is 1. The van der Waals surface area contributed by atoms with Gasteiger partial charge in [-0.05, 0) is 52.7 Å². The summed E-state index contributed by atoms with van der Waals surface area (Å²) in [6.07, 6.45) is 1.37. The zero-order valence-electron chi connectivity index (χ0n) is 16.4. The van der Waals surface area contributed by atoms with Gasteiger partial charge in [0.2, 0.25) is 0 Å². The number of halogens is 1. The van der Waals surface area contributed by atoms with Gasteiger partial charge in [-0.3, -0.25) is 14.9 Å². The highest BCUT2D eigenvalue weighted by molar-refractivity contribution is 9.10. The number of hydrogen-bond donors (Lipinski definition) is 1. The first-order valence-electron chi connectivity index (χ1n) is 8.60. The van der Waals surface area contributed by atoms with Gasteiger partial charge in [-0.25, -0.2) is 0 Å². The number of amides is 1. The first-order valence-corrected chi connectivity index (χ1v) is 9.39. The molecule has 0 spiro atoms. The summed E-state index contributed by atoms with van der Waals surface area (Å²) in [5.74, 6) is 0.398. The van der Waals surface area contributed by atoms with Crippen LogP contribution in [0.1, 0.15) is 12.5 Å². The molecule has 10 heteroatoms. The van der Waals surface area contributed by atoms with E-state index in [2.05, 4.69) is 21.2 Å². The van der Waals surface area contributed by atoms with Crippen molar-refractivity contribution in [3.63, 3.8) is 0 Å². The Balaban J connectivity index is 2.40. The Kier molecular flexibility index (Phi) is 7.77. The maximum Gasteiger partial charge on any atom is 0.271 e. The number of ether oxygens (including phenoxy) is 3. The Morgan fingerprint density at radius 2 is 2.00 bits per heavy atom. The topological polar surface area (TPSA) is 124 Å². The lowest BCUT2D eigenvalue weighted by Crippen LogP contribution is -2.14. The number of nitrogens with one attached hydrogen (secondary N) is 1. The fourth-order valence-electron chi connectivity index (χ4n) is 2.54. The lowest BCUT2D eigenvalue weighted by molar-refractivity contribution is -0.384. The maximum atomic E-state index is 12.6. The molecule has 0 heterocycles. The quantitative estimate of drug-likeness (QED) is 0.261. The zero-order chi connectivity index (χ0) is 22.3. The fraction of sp³-hybridized carbons (Fsp3) is 0.200. The van der Waals surface area contributed by atoms with Gasteiger partial charge in [0.15, 0.2) is 11.5 Å². The Bertz CT molecular complexity index is 1050. The van der Waals surface area contributed by atoms with E-state index in [-0.39, 0.29) is 22.7 Å². The van der Waals surface area contributed by atoms with E-state index in [1.54, 1.807) is 12.1 Å². The van der Waals surface area contributed by atoms with Crippen molar-refractivity contribution in [2.75, 3.05) is 26.1 Å². The number of hydrogen-bond acceptors (Lipinski definition) is 7. The summed E-state index contributed by atoms with van der Waals surface area (Å²) in [7, 11) is 2.86. The van der Waals surface area contributed by atoms with Crippen molar-refractivity contribution in [1.29, 1.82) is 5.26 Å². The van der Waals surface area contributed by atoms with Gasteiger partial charge >= 0.3 is 0 Å². The molecule has 0 aliphatic carbocycles. The van der Waals surface area contributed by atoms with Gasteiger partial charge in [-0.1, -0.05) is 0 Å². The van der Waals surface area contributed by atoms with Crippen molar-refractivity contribution < 1.29 is 23.9 Å². The second kappa shape index (κ2) is 10.3. The van der Waals surface area contributed by atoms with Crippen LogP contribution in [0.15, 0.2) is 40.4 Å². The Hall–Kier alpha value is -3.58. The molecule has 0 radical (unpaired) electrons. The molecule has 0 saturated carbocycles. The number of nitrogens with zero attached hydrogens (tertiary/aromatic N) is 2. The number of anilines is 1. The highest BCUT2D eigenvalue weighted by atomic mass is 79.9. The van der Waals surface area contributed by atoms with Crippen molar-refractivity contribution in [2.45, 2.75) is 6.92 Å². The van der Waals surface area contributed by atoms with Crippen molar-refractivity contribution in [2.24, 2.45) is 0 Å². The Morgan fingerprint density at radius 1 is 1.27 bits per heavy atom. The predicted molar refractivity (Wildman–Crippen MR) is 114 cm³/mol. The third-order valence-electron chi connectivity index (χ3n) is 3.85. The van der Waals surface area contributed by atoms with E-state index in [0.29, 0.717) is 28.1 Å². The zero-order valence-corrected chi connectivity index (χ0v) is 18.0. The number of rotatable bonds is 8. The summed E-state index contributed by atoms with van der Waals surface area (Å²) < 4.78 is 16.5. The standard InChI is InChI=1S/C20H18BrN3O6/c1-4-30-18-9-12(8-15(21)19(18)29-3)7-13(11-22)20(25)23-16-10-14(24(26)27)5-6-17(16)28-2/h5-10H,4H2,1-3H3,(H,23,25)/b13-7+. The summed E-state index contributed by atoms with van der Waals surface area (Å²) in [5, 5.41) is 22.9. The van der Waals surface area contributed by atoms with E-state index in [9.17, 15) is 20.2 Å². The second-order valence-electron chi connectivity index (χ2n) is 5.73. The molecule has 30 heavy (non-hydrogen) atoms. The molecule has 2 aromatic carbocycles. The molecule has 2 rings (SSSR count). The molecule has 0 aliphatic rings. The summed E-state index contributed by atoms with van der Waals surface area (Å²) >= 11 is 3.37. The lowest BCUT2D eigenvalue weighted by atomic mass is 10.1. The summed E-state index contributed by atoms with van der Waals surface area (Å²) in [4.78, 5) is 23.0. The van der Waals surface area contributed by atoms with E-state index in [1.807, 2.05) is 13.0 Å². The van der Waals surface area contributed by atoms with Crippen LogP contribution >= 0.6 is 15.9 Å². The van der Waals surface area contributed by atoms with Crippen LogP contribution in [-0.4, -0.2) is 31.7 Å². The van der Waals surface area contributed by atoms with Gasteiger partial charge in [0.25, 0.3) is 11.6 Å². The van der Waals surface area contributed by atoms with E-state index in [1.165, 1.54) is 32.4 Å². The first-order chi connectivity index (χ1) is 14.3. The van der Waals surface area contributed by atoms with Crippen molar-refractivity contribution >= 4 is 39.3 Å². The molecular formula is C20H18BrN3O6. The molecule has 0 unspecified atom stereocenters. The minimum atomic E-state index is -0.749. The first kappa shape index (κ1) is 22.7. The minimum Gasteiger partial charge on any atom is -0.495 e. The summed E-state index contributed by atoms with van der Waals surface area (Å²) in [6, 6.07) is 8.89. The predicted octanol–water partition coefficient (Wildman–Crippen LogP) is 4.32. The van der Waals surface area contributed by atoms with Gasteiger partial charge in [0, 0.05) is 12.1 Å². The van der Waals surface area contributed by atoms with Gasteiger partial charge in [0.05, 0.1) is 35.9 Å². The monoisotopic (exact) mass is 475 g/mol. The van der Waals surface area contributed by atoms with Crippen LogP contribution in [0.3, 0.4) is 0 Å². The molecule has 1 N–H and O–H groups in total. The fourth-order valence-corrected chi connectivity index (χ4v) is 3.17. The number of methoxy groups -OCH3 is 2. The van der Waals surface area contributed by atoms with Crippen LogP contribution in [0.5, 0.6) is 17.2 Å². The molecule has 0 aliphatic heterocycles. The third kappa shape index (κ3) is 5.27. The lowest BCUT2D eigenvalue weighted by Gasteiger charge is -2.12. The van der Waals surface area contributed by atoms with Gasteiger partial charge in [0.1, 0.15) is 17.4 Å². The van der Waals surface area contributed by atoms with E-state index >= 15 is 0 Å². The molecule has 0 saturated heterocycles. The highest BCUT2D eigenvalue weighted by Gasteiger charge is 2.17. The average Bonchev–Trinajstić information content (AvgIpc) is 2.71. The highest BCUT2D eigenvalue weighted by Crippen LogP contribution is 2.37. The third-order valence-corrected chi connectivity index (χ3v) is 4.44.